The molecule has 0 spiro atoms. The summed E-state index contributed by atoms with van der Waals surface area (Å²) in [5.74, 6) is -0.590. The molecule has 2 N–H and O–H groups in total. The number of aliphatic carboxylic acids is 1. The average Bonchev–Trinajstić information content (AvgIpc) is 2.47. The Hall–Kier alpha value is -2.24. The highest BCUT2D eigenvalue weighted by atomic mass is 16.5. The number of carbonyl (C=O) groups excluding carboxylic acids is 1. The van der Waals surface area contributed by atoms with E-state index in [0.29, 0.717) is 19.5 Å². The molecule has 0 radical (unpaired) electrons. The minimum absolute atomic E-state index is 0.238. The van der Waals surface area contributed by atoms with Crippen molar-refractivity contribution in [2.45, 2.75) is 19.9 Å². The van der Waals surface area contributed by atoms with Crippen LogP contribution in [-0.4, -0.2) is 42.7 Å². The number of ether oxygens (including phenoxy) is 1. The van der Waals surface area contributed by atoms with E-state index in [1.165, 1.54) is 4.90 Å². The maximum absolute atomic E-state index is 11.9. The summed E-state index contributed by atoms with van der Waals surface area (Å²) < 4.78 is 5.24. The van der Waals surface area contributed by atoms with E-state index in [2.05, 4.69) is 5.32 Å². The number of methoxy groups -OCH3 is 1. The first-order chi connectivity index (χ1) is 9.95. The average molecular weight is 294 g/mol. The van der Waals surface area contributed by atoms with Crippen LogP contribution < -0.4 is 10.1 Å². The molecule has 0 fully saturated rings. The van der Waals surface area contributed by atoms with Gasteiger partial charge < -0.3 is 20.1 Å². The molecule has 6 nitrogen and oxygen atoms in total. The van der Waals surface area contributed by atoms with E-state index >= 15 is 0 Å². The maximum atomic E-state index is 11.9. The standard InChI is InChI=1S/C15H22N2O4/c1-11(14(18)19)8-9-16-15(20)17(2)10-12-6-4-5-7-13(12)21-3/h4-7,11H,8-10H2,1-3H3,(H,16,20)(H,18,19). The first kappa shape index (κ1) is 16.8. The smallest absolute Gasteiger partial charge is 0.317 e. The summed E-state index contributed by atoms with van der Waals surface area (Å²) in [5, 5.41) is 11.5. The van der Waals surface area contributed by atoms with Gasteiger partial charge in [-0.05, 0) is 12.5 Å². The number of hydrogen-bond donors (Lipinski definition) is 2. The van der Waals surface area contributed by atoms with Gasteiger partial charge in [0.2, 0.25) is 0 Å². The summed E-state index contributed by atoms with van der Waals surface area (Å²) in [6.07, 6.45) is 0.406. The molecular weight excluding hydrogens is 272 g/mol. The second-order valence-corrected chi connectivity index (χ2v) is 4.93. The molecule has 0 bridgehead atoms. The Labute approximate surface area is 124 Å². The van der Waals surface area contributed by atoms with E-state index in [-0.39, 0.29) is 6.03 Å². The molecule has 0 saturated carbocycles. The van der Waals surface area contributed by atoms with Gasteiger partial charge in [0.25, 0.3) is 0 Å². The van der Waals surface area contributed by atoms with Gasteiger partial charge in [-0.3, -0.25) is 4.79 Å². The van der Waals surface area contributed by atoms with E-state index in [0.717, 1.165) is 11.3 Å². The Bertz CT molecular complexity index is 490. The van der Waals surface area contributed by atoms with Crippen molar-refractivity contribution < 1.29 is 19.4 Å². The van der Waals surface area contributed by atoms with Gasteiger partial charge in [-0.15, -0.1) is 0 Å². The Balaban J connectivity index is 2.46. The summed E-state index contributed by atoms with van der Waals surface area (Å²) in [6.45, 7) is 2.37. The minimum Gasteiger partial charge on any atom is -0.496 e. The van der Waals surface area contributed by atoms with Gasteiger partial charge in [0.1, 0.15) is 5.75 Å². The highest BCUT2D eigenvalue weighted by molar-refractivity contribution is 5.74. The molecule has 0 aliphatic carbocycles. The highest BCUT2D eigenvalue weighted by Crippen LogP contribution is 2.18. The first-order valence-electron chi connectivity index (χ1n) is 6.79. The number of carboxylic acid groups (broad SMARTS) is 1. The fourth-order valence-electron chi connectivity index (χ4n) is 1.81. The van der Waals surface area contributed by atoms with Crippen LogP contribution in [0.4, 0.5) is 4.79 Å². The van der Waals surface area contributed by atoms with Crippen molar-refractivity contribution in [3.63, 3.8) is 0 Å². The second kappa shape index (κ2) is 8.14. The number of nitrogens with zero attached hydrogens (tertiary/aromatic N) is 1. The molecule has 0 heterocycles. The zero-order valence-corrected chi connectivity index (χ0v) is 12.6. The number of benzene rings is 1. The minimum atomic E-state index is -0.855. The van der Waals surface area contributed by atoms with Crippen LogP contribution in [0.3, 0.4) is 0 Å². The molecule has 1 rings (SSSR count). The molecule has 1 aromatic carbocycles. The topological polar surface area (TPSA) is 78.9 Å². The Morgan fingerprint density at radius 2 is 2.05 bits per heavy atom. The van der Waals surface area contributed by atoms with E-state index in [9.17, 15) is 9.59 Å². The van der Waals surface area contributed by atoms with Crippen molar-refractivity contribution in [1.29, 1.82) is 0 Å². The second-order valence-electron chi connectivity index (χ2n) is 4.93. The maximum Gasteiger partial charge on any atom is 0.317 e. The largest absolute Gasteiger partial charge is 0.496 e. The quantitative estimate of drug-likeness (QED) is 0.805. The molecule has 1 unspecified atom stereocenters. The number of rotatable bonds is 7. The number of amides is 2. The third kappa shape index (κ3) is 5.33. The van der Waals surface area contributed by atoms with Crippen LogP contribution >= 0.6 is 0 Å². The lowest BCUT2D eigenvalue weighted by atomic mass is 10.1. The summed E-state index contributed by atoms with van der Waals surface area (Å²) >= 11 is 0. The predicted molar refractivity (Wildman–Crippen MR) is 79.3 cm³/mol. The lowest BCUT2D eigenvalue weighted by Gasteiger charge is -2.19. The summed E-state index contributed by atoms with van der Waals surface area (Å²) in [7, 11) is 3.27. The van der Waals surface area contributed by atoms with Crippen molar-refractivity contribution in [2.24, 2.45) is 5.92 Å². The van der Waals surface area contributed by atoms with Crippen LogP contribution in [0.2, 0.25) is 0 Å². The molecule has 21 heavy (non-hydrogen) atoms. The summed E-state index contributed by atoms with van der Waals surface area (Å²) in [6, 6.07) is 7.26. The van der Waals surface area contributed by atoms with Crippen molar-refractivity contribution in [2.75, 3.05) is 20.7 Å². The first-order valence-corrected chi connectivity index (χ1v) is 6.79. The van der Waals surface area contributed by atoms with E-state index in [1.54, 1.807) is 21.1 Å². The molecule has 2 amide bonds. The molecule has 0 aliphatic heterocycles. The molecule has 6 heteroatoms. The predicted octanol–water partition coefficient (Wildman–Crippen LogP) is 1.95. The normalized spacial score (nSPS) is 11.6. The molecule has 1 aromatic rings. The number of urea groups is 1. The van der Waals surface area contributed by atoms with Gasteiger partial charge >= 0.3 is 12.0 Å². The van der Waals surface area contributed by atoms with E-state index < -0.39 is 11.9 Å². The van der Waals surface area contributed by atoms with E-state index in [1.807, 2.05) is 24.3 Å². The number of carbonyl (C=O) groups is 2. The van der Waals surface area contributed by atoms with Gasteiger partial charge in [-0.1, -0.05) is 25.1 Å². The fraction of sp³-hybridized carbons (Fsp3) is 0.467. The van der Waals surface area contributed by atoms with Crippen molar-refractivity contribution in [1.82, 2.24) is 10.2 Å². The van der Waals surface area contributed by atoms with Gasteiger partial charge in [0, 0.05) is 19.2 Å². The van der Waals surface area contributed by atoms with Crippen LogP contribution in [0, 0.1) is 5.92 Å². The van der Waals surface area contributed by atoms with Crippen LogP contribution in [0.5, 0.6) is 5.75 Å². The highest BCUT2D eigenvalue weighted by Gasteiger charge is 2.14. The van der Waals surface area contributed by atoms with Gasteiger partial charge in [-0.25, -0.2) is 4.79 Å². The molecule has 0 aliphatic rings. The number of hydrogen-bond acceptors (Lipinski definition) is 3. The molecule has 1 atom stereocenters. The van der Waals surface area contributed by atoms with E-state index in [4.69, 9.17) is 9.84 Å². The third-order valence-electron chi connectivity index (χ3n) is 3.22. The Kier molecular flexibility index (Phi) is 6.52. The zero-order chi connectivity index (χ0) is 15.8. The monoisotopic (exact) mass is 294 g/mol. The van der Waals surface area contributed by atoms with Gasteiger partial charge in [0.15, 0.2) is 0 Å². The summed E-state index contributed by atoms with van der Waals surface area (Å²) in [5.41, 5.74) is 0.913. The van der Waals surface area contributed by atoms with Gasteiger partial charge in [0.05, 0.1) is 19.6 Å². The summed E-state index contributed by atoms with van der Waals surface area (Å²) in [4.78, 5) is 24.1. The Morgan fingerprint density at radius 1 is 1.38 bits per heavy atom. The van der Waals surface area contributed by atoms with Crippen molar-refractivity contribution in [3.8, 4) is 5.75 Å². The van der Waals surface area contributed by atoms with Crippen LogP contribution in [-0.2, 0) is 11.3 Å². The van der Waals surface area contributed by atoms with Crippen LogP contribution in [0.1, 0.15) is 18.9 Å². The SMILES string of the molecule is COc1ccccc1CN(C)C(=O)NCCC(C)C(=O)O. The molecular formula is C15H22N2O4. The van der Waals surface area contributed by atoms with Crippen molar-refractivity contribution in [3.05, 3.63) is 29.8 Å². The van der Waals surface area contributed by atoms with Crippen molar-refractivity contribution >= 4 is 12.0 Å². The molecule has 116 valence electrons. The third-order valence-corrected chi connectivity index (χ3v) is 3.22. The molecule has 0 aromatic heterocycles. The lowest BCUT2D eigenvalue weighted by molar-refractivity contribution is -0.141. The number of carboxylic acids is 1. The fourth-order valence-corrected chi connectivity index (χ4v) is 1.81. The van der Waals surface area contributed by atoms with Crippen LogP contribution in [0.15, 0.2) is 24.3 Å². The van der Waals surface area contributed by atoms with Gasteiger partial charge in [-0.2, -0.15) is 0 Å². The number of para-hydroxylation sites is 1. The number of nitrogens with one attached hydrogen (secondary N) is 1. The van der Waals surface area contributed by atoms with Crippen LogP contribution in [0.25, 0.3) is 0 Å². The Morgan fingerprint density at radius 3 is 2.67 bits per heavy atom. The molecule has 0 saturated heterocycles. The zero-order valence-electron chi connectivity index (χ0n) is 12.6. The lowest BCUT2D eigenvalue weighted by Crippen LogP contribution is -2.38.